The van der Waals surface area contributed by atoms with E-state index in [0.29, 0.717) is 24.3 Å². The van der Waals surface area contributed by atoms with E-state index in [-0.39, 0.29) is 0 Å². The molecule has 0 aliphatic rings. The van der Waals surface area contributed by atoms with Gasteiger partial charge in [0.2, 0.25) is 0 Å². The molecular weight excluding hydrogens is 258 g/mol. The third-order valence-electron chi connectivity index (χ3n) is 4.22. The van der Waals surface area contributed by atoms with Crippen LogP contribution in [0.1, 0.15) is 33.4 Å². The molecule has 0 aliphatic heterocycles. The lowest BCUT2D eigenvalue weighted by Crippen LogP contribution is -2.25. The Hall–Kier alpha value is -1.61. The van der Waals surface area contributed by atoms with E-state index in [1.54, 1.807) is 0 Å². The largest absolute Gasteiger partial charge is 0.369 e. The van der Waals surface area contributed by atoms with Crippen LogP contribution in [-0.2, 0) is 6.54 Å². The highest BCUT2D eigenvalue weighted by Gasteiger charge is 2.17. The first-order chi connectivity index (χ1) is 10.0. The van der Waals surface area contributed by atoms with Gasteiger partial charge in [0.25, 0.3) is 0 Å². The van der Waals surface area contributed by atoms with Crippen molar-refractivity contribution < 1.29 is 0 Å². The number of anilines is 1. The molecule has 0 fully saturated rings. The van der Waals surface area contributed by atoms with E-state index >= 15 is 0 Å². The van der Waals surface area contributed by atoms with Crippen LogP contribution in [-0.4, -0.2) is 11.5 Å². The van der Waals surface area contributed by atoms with E-state index in [0.717, 1.165) is 18.1 Å². The van der Waals surface area contributed by atoms with E-state index in [4.69, 9.17) is 5.73 Å². The summed E-state index contributed by atoms with van der Waals surface area (Å²) < 4.78 is 0. The Labute approximate surface area is 128 Å². The van der Waals surface area contributed by atoms with Gasteiger partial charge in [0.1, 0.15) is 5.82 Å². The maximum Gasteiger partial charge on any atom is 0.134 e. The molecule has 2 rings (SSSR count). The molecule has 0 saturated carbocycles. The average molecular weight is 285 g/mol. The van der Waals surface area contributed by atoms with Crippen molar-refractivity contribution in [3.63, 3.8) is 0 Å². The second-order valence-corrected chi connectivity index (χ2v) is 6.42. The number of nitrogens with two attached hydrogens (primary N) is 1. The highest BCUT2D eigenvalue weighted by Crippen LogP contribution is 2.25. The molecule has 1 heterocycles. The molecule has 3 heteroatoms. The summed E-state index contributed by atoms with van der Waals surface area (Å²) in [6.07, 6.45) is 0. The Morgan fingerprint density at radius 3 is 2.38 bits per heavy atom. The standard InChI is InChI=1S/C18H27N3/c1-12(2)17(13(3)4)11-20-18-16-8-6-5-7-14(16)9-15(10-19)21-18/h5-9,12-13,17H,10-11,19H2,1-4H3,(H,20,21). The molecule has 3 nitrogen and oxygen atoms in total. The zero-order valence-corrected chi connectivity index (χ0v) is 13.6. The van der Waals surface area contributed by atoms with Crippen LogP contribution < -0.4 is 11.1 Å². The summed E-state index contributed by atoms with van der Waals surface area (Å²) in [6.45, 7) is 10.6. The Kier molecular flexibility index (Phi) is 5.18. The van der Waals surface area contributed by atoms with E-state index in [1.165, 1.54) is 10.8 Å². The smallest absolute Gasteiger partial charge is 0.134 e. The van der Waals surface area contributed by atoms with Gasteiger partial charge in [-0.2, -0.15) is 0 Å². The summed E-state index contributed by atoms with van der Waals surface area (Å²) in [4.78, 5) is 4.67. The second kappa shape index (κ2) is 6.90. The number of nitrogens with zero attached hydrogens (tertiary/aromatic N) is 1. The number of pyridine rings is 1. The molecular formula is C18H27N3. The Balaban J connectivity index is 2.28. The molecule has 3 N–H and O–H groups in total. The number of rotatable bonds is 6. The predicted octanol–water partition coefficient (Wildman–Crippen LogP) is 4.03. The van der Waals surface area contributed by atoms with Crippen LogP contribution in [0.4, 0.5) is 5.82 Å². The molecule has 1 aromatic heterocycles. The Bertz CT molecular complexity index is 582. The van der Waals surface area contributed by atoms with Crippen molar-refractivity contribution in [3.8, 4) is 0 Å². The van der Waals surface area contributed by atoms with Crippen LogP contribution >= 0.6 is 0 Å². The monoisotopic (exact) mass is 285 g/mol. The van der Waals surface area contributed by atoms with Crippen LogP contribution in [0.25, 0.3) is 10.8 Å². The van der Waals surface area contributed by atoms with Crippen LogP contribution in [0.3, 0.4) is 0 Å². The molecule has 1 aromatic carbocycles. The minimum atomic E-state index is 0.470. The number of benzene rings is 1. The summed E-state index contributed by atoms with van der Waals surface area (Å²) in [6, 6.07) is 10.4. The van der Waals surface area contributed by atoms with Gasteiger partial charge in [0.15, 0.2) is 0 Å². The molecule has 0 radical (unpaired) electrons. The second-order valence-electron chi connectivity index (χ2n) is 6.42. The van der Waals surface area contributed by atoms with Gasteiger partial charge in [-0.3, -0.25) is 0 Å². The van der Waals surface area contributed by atoms with Gasteiger partial charge in [0, 0.05) is 18.5 Å². The van der Waals surface area contributed by atoms with Crippen molar-refractivity contribution in [2.45, 2.75) is 34.2 Å². The van der Waals surface area contributed by atoms with Crippen molar-refractivity contribution in [2.75, 3.05) is 11.9 Å². The quantitative estimate of drug-likeness (QED) is 0.842. The molecule has 2 aromatic rings. The first kappa shape index (κ1) is 15.8. The summed E-state index contributed by atoms with van der Waals surface area (Å²) in [5.41, 5.74) is 6.70. The highest BCUT2D eigenvalue weighted by atomic mass is 15.0. The van der Waals surface area contributed by atoms with Gasteiger partial charge >= 0.3 is 0 Å². The summed E-state index contributed by atoms with van der Waals surface area (Å²) in [7, 11) is 0. The highest BCUT2D eigenvalue weighted by molar-refractivity contribution is 5.92. The third kappa shape index (κ3) is 3.73. The molecule has 114 valence electrons. The summed E-state index contributed by atoms with van der Waals surface area (Å²) in [5, 5.41) is 5.92. The fourth-order valence-electron chi connectivity index (χ4n) is 2.95. The van der Waals surface area contributed by atoms with Crippen molar-refractivity contribution in [2.24, 2.45) is 23.5 Å². The zero-order valence-electron chi connectivity index (χ0n) is 13.6. The molecule has 0 bridgehead atoms. The first-order valence-corrected chi connectivity index (χ1v) is 7.85. The maximum absolute atomic E-state index is 5.77. The SMILES string of the molecule is CC(C)C(CNc1nc(CN)cc2ccccc12)C(C)C. The van der Waals surface area contributed by atoms with Gasteiger partial charge in [-0.1, -0.05) is 52.0 Å². The number of hydrogen-bond donors (Lipinski definition) is 2. The first-order valence-electron chi connectivity index (χ1n) is 7.85. The van der Waals surface area contributed by atoms with Crippen LogP contribution in [0, 0.1) is 17.8 Å². The summed E-state index contributed by atoms with van der Waals surface area (Å²) >= 11 is 0. The molecule has 0 atom stereocenters. The molecule has 0 spiro atoms. The number of aromatic nitrogens is 1. The lowest BCUT2D eigenvalue weighted by atomic mass is 9.85. The van der Waals surface area contributed by atoms with Crippen LogP contribution in [0.5, 0.6) is 0 Å². The lowest BCUT2D eigenvalue weighted by Gasteiger charge is -2.25. The molecule has 0 unspecified atom stereocenters. The number of nitrogens with one attached hydrogen (secondary N) is 1. The molecule has 21 heavy (non-hydrogen) atoms. The zero-order chi connectivity index (χ0) is 15.4. The van der Waals surface area contributed by atoms with Gasteiger partial charge < -0.3 is 11.1 Å². The lowest BCUT2D eigenvalue weighted by molar-refractivity contribution is 0.304. The van der Waals surface area contributed by atoms with E-state index in [2.05, 4.69) is 68.3 Å². The van der Waals surface area contributed by atoms with Crippen molar-refractivity contribution in [1.29, 1.82) is 0 Å². The normalized spacial score (nSPS) is 11.8. The van der Waals surface area contributed by atoms with E-state index in [1.807, 2.05) is 0 Å². The van der Waals surface area contributed by atoms with Gasteiger partial charge in [0.05, 0.1) is 5.69 Å². The molecule has 0 amide bonds. The van der Waals surface area contributed by atoms with Crippen LogP contribution in [0.2, 0.25) is 0 Å². The van der Waals surface area contributed by atoms with Crippen LogP contribution in [0.15, 0.2) is 30.3 Å². The fraction of sp³-hybridized carbons (Fsp3) is 0.500. The van der Waals surface area contributed by atoms with E-state index in [9.17, 15) is 0 Å². The van der Waals surface area contributed by atoms with Gasteiger partial charge in [-0.05, 0) is 29.2 Å². The predicted molar refractivity (Wildman–Crippen MR) is 91.3 cm³/mol. The Morgan fingerprint density at radius 1 is 1.10 bits per heavy atom. The van der Waals surface area contributed by atoms with Crippen molar-refractivity contribution >= 4 is 16.6 Å². The van der Waals surface area contributed by atoms with Gasteiger partial charge in [-0.15, -0.1) is 0 Å². The average Bonchev–Trinajstić information content (AvgIpc) is 2.46. The number of fused-ring (bicyclic) bond motifs is 1. The third-order valence-corrected chi connectivity index (χ3v) is 4.22. The molecule has 0 saturated heterocycles. The van der Waals surface area contributed by atoms with E-state index < -0.39 is 0 Å². The minimum Gasteiger partial charge on any atom is -0.369 e. The summed E-state index contributed by atoms with van der Waals surface area (Å²) in [5.74, 6) is 2.90. The van der Waals surface area contributed by atoms with Crippen molar-refractivity contribution in [1.82, 2.24) is 4.98 Å². The topological polar surface area (TPSA) is 50.9 Å². The Morgan fingerprint density at radius 2 is 1.76 bits per heavy atom. The maximum atomic E-state index is 5.77. The fourth-order valence-corrected chi connectivity index (χ4v) is 2.95. The van der Waals surface area contributed by atoms with Crippen molar-refractivity contribution in [3.05, 3.63) is 36.0 Å². The molecule has 0 aliphatic carbocycles. The minimum absolute atomic E-state index is 0.470. The number of hydrogen-bond acceptors (Lipinski definition) is 3. The van der Waals surface area contributed by atoms with Gasteiger partial charge in [-0.25, -0.2) is 4.98 Å².